The Hall–Kier alpha value is -0.170. The van der Waals surface area contributed by atoms with Crippen molar-refractivity contribution in [3.05, 3.63) is 0 Å². The fourth-order valence-corrected chi connectivity index (χ4v) is 2.86. The maximum absolute atomic E-state index is 11.3. The van der Waals surface area contributed by atoms with Crippen LogP contribution in [0.15, 0.2) is 0 Å². The summed E-state index contributed by atoms with van der Waals surface area (Å²) in [6.45, 7) is 2.62. The van der Waals surface area contributed by atoms with E-state index in [1.165, 1.54) is 0 Å². The van der Waals surface area contributed by atoms with E-state index in [1.807, 2.05) is 0 Å². The average molecular weight is 235 g/mol. The van der Waals surface area contributed by atoms with Gasteiger partial charge in [-0.3, -0.25) is 0 Å². The van der Waals surface area contributed by atoms with Gasteiger partial charge in [-0.1, -0.05) is 19.8 Å². The van der Waals surface area contributed by atoms with Gasteiger partial charge in [0.2, 0.25) is 0 Å². The molecule has 0 spiro atoms. The van der Waals surface area contributed by atoms with Gasteiger partial charge in [0, 0.05) is 19.1 Å². The Bertz CT molecular complexity index is 279. The zero-order chi connectivity index (χ0) is 11.3. The van der Waals surface area contributed by atoms with Crippen LogP contribution in [0.1, 0.15) is 32.6 Å². The second kappa shape index (κ2) is 5.79. The van der Waals surface area contributed by atoms with Gasteiger partial charge < -0.3 is 5.73 Å². The van der Waals surface area contributed by atoms with E-state index in [1.54, 1.807) is 6.92 Å². The van der Waals surface area contributed by atoms with Crippen LogP contribution >= 0.6 is 0 Å². The summed E-state index contributed by atoms with van der Waals surface area (Å²) in [5.41, 5.74) is 5.93. The van der Waals surface area contributed by atoms with Gasteiger partial charge in [0.15, 0.2) is 0 Å². The Kier molecular flexibility index (Phi) is 4.98. The fraction of sp³-hybridized carbons (Fsp3) is 1.00. The van der Waals surface area contributed by atoms with Crippen molar-refractivity contribution in [3.8, 4) is 0 Å². The topological polar surface area (TPSA) is 84.2 Å². The molecule has 0 saturated heterocycles. The van der Waals surface area contributed by atoms with Crippen LogP contribution in [0.2, 0.25) is 0 Å². The molecule has 2 atom stereocenters. The molecule has 1 aliphatic carbocycles. The lowest BCUT2D eigenvalue weighted by Gasteiger charge is -2.28. The molecule has 2 unspecified atom stereocenters. The van der Waals surface area contributed by atoms with E-state index in [0.717, 1.165) is 25.7 Å². The van der Waals surface area contributed by atoms with Gasteiger partial charge in [-0.2, -0.15) is 8.42 Å². The highest BCUT2D eigenvalue weighted by Gasteiger charge is 2.22. The minimum absolute atomic E-state index is 0.142. The van der Waals surface area contributed by atoms with E-state index < -0.39 is 10.2 Å². The predicted molar refractivity (Wildman–Crippen MR) is 60.5 cm³/mol. The van der Waals surface area contributed by atoms with E-state index in [0.29, 0.717) is 13.1 Å². The lowest BCUT2D eigenvalue weighted by molar-refractivity contribution is 0.308. The Morgan fingerprint density at radius 1 is 1.27 bits per heavy atom. The third-order valence-corrected chi connectivity index (χ3v) is 4.05. The molecule has 0 aromatic heterocycles. The molecule has 0 bridgehead atoms. The average Bonchev–Trinajstić information content (AvgIpc) is 2.16. The molecular formula is C9H21N3O2S. The molecule has 6 heteroatoms. The maximum atomic E-state index is 11.3. The highest BCUT2D eigenvalue weighted by Crippen LogP contribution is 2.22. The predicted octanol–water partition coefficient (Wildman–Crippen LogP) is -0.0522. The number of hydrogen-bond acceptors (Lipinski definition) is 3. The van der Waals surface area contributed by atoms with Crippen molar-refractivity contribution in [2.24, 2.45) is 11.7 Å². The maximum Gasteiger partial charge on any atom is 0.276 e. The number of rotatable bonds is 5. The summed E-state index contributed by atoms with van der Waals surface area (Å²) in [6.07, 6.45) is 4.35. The smallest absolute Gasteiger partial charge is 0.276 e. The lowest BCUT2D eigenvalue weighted by Crippen LogP contribution is -2.44. The summed E-state index contributed by atoms with van der Waals surface area (Å²) >= 11 is 0. The molecule has 0 radical (unpaired) electrons. The van der Waals surface area contributed by atoms with Crippen molar-refractivity contribution in [1.29, 1.82) is 0 Å². The first-order valence-corrected chi connectivity index (χ1v) is 7.03. The molecule has 0 aliphatic heterocycles. The van der Waals surface area contributed by atoms with Crippen molar-refractivity contribution in [2.75, 3.05) is 13.1 Å². The van der Waals surface area contributed by atoms with E-state index in [-0.39, 0.29) is 12.0 Å². The molecule has 90 valence electrons. The molecule has 5 nitrogen and oxygen atoms in total. The highest BCUT2D eigenvalue weighted by atomic mass is 32.2. The zero-order valence-corrected chi connectivity index (χ0v) is 10.0. The van der Waals surface area contributed by atoms with E-state index in [2.05, 4.69) is 9.44 Å². The molecule has 0 aromatic carbocycles. The molecule has 15 heavy (non-hydrogen) atoms. The molecule has 1 aliphatic rings. The van der Waals surface area contributed by atoms with E-state index in [9.17, 15) is 8.42 Å². The molecule has 0 heterocycles. The van der Waals surface area contributed by atoms with Gasteiger partial charge in [-0.15, -0.1) is 0 Å². The number of hydrogen-bond donors (Lipinski definition) is 3. The van der Waals surface area contributed by atoms with Crippen LogP contribution in [0.5, 0.6) is 0 Å². The third kappa shape index (κ3) is 4.46. The van der Waals surface area contributed by atoms with Gasteiger partial charge in [0.1, 0.15) is 0 Å². The van der Waals surface area contributed by atoms with Crippen LogP contribution in [0.3, 0.4) is 0 Å². The molecule has 1 rings (SSSR count). The molecule has 4 N–H and O–H groups in total. The number of nitrogens with two attached hydrogens (primary N) is 1. The standard InChI is InChI=1S/C9H21N3O2S/c1-2-11-15(13,14)12-7-8-5-3-4-6-9(8)10/h8-9,11-12H,2-7,10H2,1H3. The third-order valence-electron chi connectivity index (χ3n) is 2.84. The summed E-state index contributed by atoms with van der Waals surface area (Å²) in [7, 11) is -3.31. The molecule has 0 aromatic rings. The summed E-state index contributed by atoms with van der Waals surface area (Å²) in [4.78, 5) is 0. The number of nitrogens with one attached hydrogen (secondary N) is 2. The van der Waals surface area contributed by atoms with Crippen LogP contribution < -0.4 is 15.2 Å². The monoisotopic (exact) mass is 235 g/mol. The fourth-order valence-electron chi connectivity index (χ4n) is 1.95. The molecule has 1 saturated carbocycles. The Morgan fingerprint density at radius 3 is 2.53 bits per heavy atom. The largest absolute Gasteiger partial charge is 0.327 e. The first-order valence-electron chi connectivity index (χ1n) is 5.55. The lowest BCUT2D eigenvalue weighted by atomic mass is 9.85. The van der Waals surface area contributed by atoms with Gasteiger partial charge >= 0.3 is 0 Å². The second-order valence-electron chi connectivity index (χ2n) is 4.06. The van der Waals surface area contributed by atoms with Crippen molar-refractivity contribution >= 4 is 10.2 Å². The van der Waals surface area contributed by atoms with Crippen molar-refractivity contribution in [2.45, 2.75) is 38.6 Å². The Balaban J connectivity index is 2.35. The summed E-state index contributed by atoms with van der Waals surface area (Å²) in [5.74, 6) is 0.284. The summed E-state index contributed by atoms with van der Waals surface area (Å²) in [5, 5.41) is 0. The minimum atomic E-state index is -3.31. The first kappa shape index (κ1) is 12.9. The van der Waals surface area contributed by atoms with Crippen LogP contribution in [0, 0.1) is 5.92 Å². The highest BCUT2D eigenvalue weighted by molar-refractivity contribution is 7.87. The molecule has 0 amide bonds. The van der Waals surface area contributed by atoms with Crippen LogP contribution in [-0.4, -0.2) is 27.5 Å². The van der Waals surface area contributed by atoms with Crippen molar-refractivity contribution in [1.82, 2.24) is 9.44 Å². The van der Waals surface area contributed by atoms with Gasteiger partial charge in [-0.05, 0) is 18.8 Å². The van der Waals surface area contributed by atoms with Gasteiger partial charge in [0.05, 0.1) is 0 Å². The zero-order valence-electron chi connectivity index (χ0n) is 9.20. The second-order valence-corrected chi connectivity index (χ2v) is 5.64. The summed E-state index contributed by atoms with van der Waals surface area (Å²) < 4.78 is 27.6. The Morgan fingerprint density at radius 2 is 1.93 bits per heavy atom. The van der Waals surface area contributed by atoms with Crippen LogP contribution in [0.25, 0.3) is 0 Å². The Labute approximate surface area is 92.0 Å². The summed E-state index contributed by atoms with van der Waals surface area (Å²) in [6, 6.07) is 0.142. The SMILES string of the molecule is CCNS(=O)(=O)NCC1CCCCC1N. The first-order chi connectivity index (χ1) is 7.05. The molecule has 1 fully saturated rings. The quantitative estimate of drug-likeness (QED) is 0.624. The van der Waals surface area contributed by atoms with Gasteiger partial charge in [-0.25, -0.2) is 9.44 Å². The van der Waals surface area contributed by atoms with Crippen LogP contribution in [0.4, 0.5) is 0 Å². The van der Waals surface area contributed by atoms with Crippen molar-refractivity contribution < 1.29 is 8.42 Å². The van der Waals surface area contributed by atoms with Crippen LogP contribution in [-0.2, 0) is 10.2 Å². The normalized spacial score (nSPS) is 27.9. The van der Waals surface area contributed by atoms with E-state index in [4.69, 9.17) is 5.73 Å². The minimum Gasteiger partial charge on any atom is -0.327 e. The van der Waals surface area contributed by atoms with Gasteiger partial charge in [0.25, 0.3) is 10.2 Å². The van der Waals surface area contributed by atoms with E-state index >= 15 is 0 Å². The van der Waals surface area contributed by atoms with Crippen molar-refractivity contribution in [3.63, 3.8) is 0 Å². The molecular weight excluding hydrogens is 214 g/mol.